The first-order valence-corrected chi connectivity index (χ1v) is 11.8. The van der Waals surface area contributed by atoms with E-state index in [0.29, 0.717) is 17.6 Å². The van der Waals surface area contributed by atoms with Gasteiger partial charge >= 0.3 is 0 Å². The number of hydrogen-bond donors (Lipinski definition) is 1. The van der Waals surface area contributed by atoms with E-state index in [0.717, 1.165) is 17.5 Å². The summed E-state index contributed by atoms with van der Waals surface area (Å²) in [7, 11) is 0. The molecule has 0 aromatic heterocycles. The molecule has 0 saturated carbocycles. The number of benzene rings is 2. The lowest BCUT2D eigenvalue weighted by Crippen LogP contribution is -2.54. The van der Waals surface area contributed by atoms with Gasteiger partial charge in [0.1, 0.15) is 5.57 Å². The third-order valence-electron chi connectivity index (χ3n) is 6.52. The SMILES string of the molecule is Cc1ccc(N2C(=O)/C(=C/c3ccc4c(c3)C(C)CC(C)(C)N4C(C)C)C(=O)NC2=S)cc1. The lowest BCUT2D eigenvalue weighted by Gasteiger charge is -2.50. The van der Waals surface area contributed by atoms with Crippen LogP contribution in [-0.2, 0) is 9.59 Å². The molecule has 2 amide bonds. The molecular weight excluding hydrogens is 430 g/mol. The summed E-state index contributed by atoms with van der Waals surface area (Å²) < 4.78 is 0. The number of nitrogens with one attached hydrogen (secondary N) is 1. The Bertz CT molecular complexity index is 1160. The second-order valence-electron chi connectivity index (χ2n) is 9.99. The van der Waals surface area contributed by atoms with Crippen molar-refractivity contribution < 1.29 is 9.59 Å². The van der Waals surface area contributed by atoms with E-state index >= 15 is 0 Å². The first-order chi connectivity index (χ1) is 15.5. The number of amides is 2. The lowest BCUT2D eigenvalue weighted by molar-refractivity contribution is -0.122. The predicted octanol–water partition coefficient (Wildman–Crippen LogP) is 5.33. The Hall–Kier alpha value is -2.99. The average molecular weight is 462 g/mol. The van der Waals surface area contributed by atoms with Crippen LogP contribution in [0.5, 0.6) is 0 Å². The van der Waals surface area contributed by atoms with Crippen LogP contribution < -0.4 is 15.1 Å². The van der Waals surface area contributed by atoms with Crippen LogP contribution in [0.4, 0.5) is 11.4 Å². The topological polar surface area (TPSA) is 52.7 Å². The van der Waals surface area contributed by atoms with Gasteiger partial charge in [-0.05, 0) is 101 Å². The van der Waals surface area contributed by atoms with Crippen LogP contribution in [0.25, 0.3) is 6.08 Å². The Labute approximate surface area is 201 Å². The van der Waals surface area contributed by atoms with Crippen molar-refractivity contribution in [1.29, 1.82) is 0 Å². The Morgan fingerprint density at radius 2 is 1.79 bits per heavy atom. The summed E-state index contributed by atoms with van der Waals surface area (Å²) >= 11 is 5.31. The molecule has 1 saturated heterocycles. The number of rotatable bonds is 3. The summed E-state index contributed by atoms with van der Waals surface area (Å²) in [4.78, 5) is 29.9. The van der Waals surface area contributed by atoms with Crippen LogP contribution in [0.2, 0.25) is 0 Å². The zero-order valence-corrected chi connectivity index (χ0v) is 20.9. The maximum Gasteiger partial charge on any atom is 0.270 e. The first-order valence-electron chi connectivity index (χ1n) is 11.4. The van der Waals surface area contributed by atoms with Crippen molar-refractivity contribution in [1.82, 2.24) is 5.32 Å². The van der Waals surface area contributed by atoms with E-state index < -0.39 is 11.8 Å². The zero-order valence-electron chi connectivity index (χ0n) is 20.1. The van der Waals surface area contributed by atoms with Gasteiger partial charge in [0.25, 0.3) is 11.8 Å². The summed E-state index contributed by atoms with van der Waals surface area (Å²) in [5.41, 5.74) is 5.15. The Balaban J connectivity index is 1.73. The molecule has 5 nitrogen and oxygen atoms in total. The van der Waals surface area contributed by atoms with Crippen molar-refractivity contribution in [3.63, 3.8) is 0 Å². The predicted molar refractivity (Wildman–Crippen MR) is 139 cm³/mol. The highest BCUT2D eigenvalue weighted by atomic mass is 32.1. The van der Waals surface area contributed by atoms with E-state index in [2.05, 4.69) is 57.0 Å². The van der Waals surface area contributed by atoms with Gasteiger partial charge in [0.2, 0.25) is 0 Å². The molecule has 0 spiro atoms. The molecule has 1 fully saturated rings. The van der Waals surface area contributed by atoms with Gasteiger partial charge in [0, 0.05) is 17.3 Å². The van der Waals surface area contributed by atoms with Crippen molar-refractivity contribution in [2.75, 3.05) is 9.80 Å². The van der Waals surface area contributed by atoms with Gasteiger partial charge in [-0.15, -0.1) is 0 Å². The first kappa shape index (κ1) is 23.2. The van der Waals surface area contributed by atoms with Gasteiger partial charge in [-0.1, -0.05) is 30.7 Å². The zero-order chi connectivity index (χ0) is 24.1. The molecule has 1 unspecified atom stereocenters. The molecule has 4 rings (SSSR count). The fraction of sp³-hybridized carbons (Fsp3) is 0.370. The average Bonchev–Trinajstić information content (AvgIpc) is 2.71. The number of hydrogen-bond acceptors (Lipinski definition) is 4. The van der Waals surface area contributed by atoms with E-state index in [1.165, 1.54) is 16.2 Å². The molecule has 0 radical (unpaired) electrons. The largest absolute Gasteiger partial charge is 0.364 e. The van der Waals surface area contributed by atoms with Gasteiger partial charge in [-0.2, -0.15) is 0 Å². The molecule has 2 aliphatic rings. The van der Waals surface area contributed by atoms with Gasteiger partial charge < -0.3 is 4.90 Å². The van der Waals surface area contributed by atoms with Crippen molar-refractivity contribution in [2.45, 2.75) is 65.5 Å². The smallest absolute Gasteiger partial charge is 0.270 e. The van der Waals surface area contributed by atoms with E-state index in [1.54, 1.807) is 6.08 Å². The fourth-order valence-corrected chi connectivity index (χ4v) is 5.57. The van der Waals surface area contributed by atoms with Crippen LogP contribution in [0.1, 0.15) is 63.6 Å². The maximum atomic E-state index is 13.3. The monoisotopic (exact) mass is 461 g/mol. The van der Waals surface area contributed by atoms with Crippen molar-refractivity contribution in [3.05, 3.63) is 64.7 Å². The van der Waals surface area contributed by atoms with Gasteiger partial charge in [-0.3, -0.25) is 19.8 Å². The van der Waals surface area contributed by atoms with Crippen molar-refractivity contribution >= 4 is 46.6 Å². The van der Waals surface area contributed by atoms with Crippen LogP contribution in [-0.4, -0.2) is 28.5 Å². The van der Waals surface area contributed by atoms with Gasteiger partial charge in [-0.25, -0.2) is 0 Å². The summed E-state index contributed by atoms with van der Waals surface area (Å²) in [6.45, 7) is 13.2. The number of nitrogens with zero attached hydrogens (tertiary/aromatic N) is 2. The van der Waals surface area contributed by atoms with Crippen molar-refractivity contribution in [3.8, 4) is 0 Å². The Kier molecular flexibility index (Phi) is 5.91. The molecule has 0 aliphatic carbocycles. The standard InChI is InChI=1S/C27H31N3O2S/c1-16(2)30-23-12-9-19(13-21(23)18(4)15-27(30,5)6)14-22-24(31)28-26(33)29(25(22)32)20-10-7-17(3)8-11-20/h7-14,16,18H,15H2,1-6H3,(H,28,31,33)/b22-14+. The number of carbonyl (C=O) groups is 2. The number of aryl methyl sites for hydroxylation is 1. The summed E-state index contributed by atoms with van der Waals surface area (Å²) in [5.74, 6) is -0.511. The summed E-state index contributed by atoms with van der Waals surface area (Å²) in [6.07, 6.45) is 2.71. The lowest BCUT2D eigenvalue weighted by atomic mass is 9.78. The summed E-state index contributed by atoms with van der Waals surface area (Å²) in [6, 6.07) is 14.1. The van der Waals surface area contributed by atoms with Crippen LogP contribution >= 0.6 is 12.2 Å². The van der Waals surface area contributed by atoms with E-state index in [4.69, 9.17) is 12.2 Å². The normalized spacial score (nSPS) is 21.5. The Morgan fingerprint density at radius 3 is 2.42 bits per heavy atom. The number of anilines is 2. The molecule has 172 valence electrons. The fourth-order valence-electron chi connectivity index (χ4n) is 5.29. The van der Waals surface area contributed by atoms with Crippen LogP contribution in [0.3, 0.4) is 0 Å². The molecule has 2 aliphatic heterocycles. The molecule has 2 aromatic rings. The van der Waals surface area contributed by atoms with Gasteiger partial charge in [0.15, 0.2) is 5.11 Å². The minimum atomic E-state index is -0.468. The molecular formula is C27H31N3O2S. The second-order valence-corrected chi connectivity index (χ2v) is 10.4. The molecule has 33 heavy (non-hydrogen) atoms. The van der Waals surface area contributed by atoms with E-state index in [9.17, 15) is 9.59 Å². The highest BCUT2D eigenvalue weighted by Crippen LogP contribution is 2.44. The van der Waals surface area contributed by atoms with Crippen molar-refractivity contribution in [2.24, 2.45) is 0 Å². The minimum absolute atomic E-state index is 0.0595. The van der Waals surface area contributed by atoms with Gasteiger partial charge in [0.05, 0.1) is 5.69 Å². The molecule has 2 heterocycles. The molecule has 1 atom stereocenters. The third-order valence-corrected chi connectivity index (χ3v) is 6.81. The highest BCUT2D eigenvalue weighted by molar-refractivity contribution is 7.80. The summed E-state index contributed by atoms with van der Waals surface area (Å²) in [5, 5.41) is 2.77. The van der Waals surface area contributed by atoms with Crippen LogP contribution in [0, 0.1) is 6.92 Å². The van der Waals surface area contributed by atoms with E-state index in [1.807, 2.05) is 37.3 Å². The number of carbonyl (C=O) groups excluding carboxylic acids is 2. The molecule has 2 aromatic carbocycles. The molecule has 6 heteroatoms. The number of thiocarbonyl (C=S) groups is 1. The van der Waals surface area contributed by atoms with Crippen LogP contribution in [0.15, 0.2) is 48.0 Å². The van der Waals surface area contributed by atoms with E-state index in [-0.39, 0.29) is 16.2 Å². The third kappa shape index (κ3) is 4.20. The number of fused-ring (bicyclic) bond motifs is 1. The Morgan fingerprint density at radius 1 is 1.12 bits per heavy atom. The quantitative estimate of drug-likeness (QED) is 0.382. The highest BCUT2D eigenvalue weighted by Gasteiger charge is 2.38. The molecule has 0 bridgehead atoms. The second kappa shape index (κ2) is 8.41. The minimum Gasteiger partial charge on any atom is -0.364 e. The maximum absolute atomic E-state index is 13.3. The molecule has 1 N–H and O–H groups in total.